The van der Waals surface area contributed by atoms with Gasteiger partial charge in [-0.3, -0.25) is 4.57 Å². The smallest absolute Gasteiger partial charge is 0.308 e. The van der Waals surface area contributed by atoms with Gasteiger partial charge >= 0.3 is 7.60 Å². The van der Waals surface area contributed by atoms with E-state index in [9.17, 15) is 4.57 Å². The highest BCUT2D eigenvalue weighted by atomic mass is 31.2. The van der Waals surface area contributed by atoms with Crippen molar-refractivity contribution >= 4 is 13.8 Å². The van der Waals surface area contributed by atoms with Crippen molar-refractivity contribution in [2.75, 3.05) is 13.2 Å². The van der Waals surface area contributed by atoms with Crippen molar-refractivity contribution in [1.29, 1.82) is 0 Å². The van der Waals surface area contributed by atoms with Gasteiger partial charge in [-0.2, -0.15) is 5.10 Å². The number of nitrogens with zero attached hydrogens (tertiary/aromatic N) is 1. The minimum atomic E-state index is -3.13. The van der Waals surface area contributed by atoms with E-state index in [0.29, 0.717) is 13.2 Å². The molecule has 5 nitrogen and oxygen atoms in total. The Kier molecular flexibility index (Phi) is 4.76. The predicted molar refractivity (Wildman–Crippen MR) is 69.5 cm³/mol. The minimum absolute atomic E-state index is 0.0357. The highest BCUT2D eigenvalue weighted by Crippen LogP contribution is 2.56. The lowest BCUT2D eigenvalue weighted by atomic mass is 9.86. The van der Waals surface area contributed by atoms with Crippen LogP contribution >= 0.6 is 7.60 Å². The summed E-state index contributed by atoms with van der Waals surface area (Å²) in [7, 11) is -3.13. The molecule has 1 rings (SSSR count). The Morgan fingerprint density at radius 2 is 1.82 bits per heavy atom. The normalized spacial score (nSPS) is 25.0. The summed E-state index contributed by atoms with van der Waals surface area (Å²) in [5.41, 5.74) is 2.62. The Balaban J connectivity index is 2.94. The maximum atomic E-state index is 12.7. The molecule has 0 aliphatic carbocycles. The molecule has 1 N–H and O–H groups in total. The molecule has 0 saturated carbocycles. The Morgan fingerprint density at radius 3 is 2.24 bits per heavy atom. The topological polar surface area (TPSA) is 59.9 Å². The lowest BCUT2D eigenvalue weighted by Crippen LogP contribution is -2.43. The fourth-order valence-corrected chi connectivity index (χ4v) is 4.15. The number of hydrogen-bond donors (Lipinski definition) is 1. The van der Waals surface area contributed by atoms with Crippen molar-refractivity contribution in [3.05, 3.63) is 0 Å². The van der Waals surface area contributed by atoms with Crippen molar-refractivity contribution < 1.29 is 13.6 Å². The lowest BCUT2D eigenvalue weighted by Gasteiger charge is -2.33. The van der Waals surface area contributed by atoms with E-state index < -0.39 is 7.60 Å². The maximum absolute atomic E-state index is 12.7. The molecule has 0 radical (unpaired) electrons. The average Bonchev–Trinajstić information content (AvgIpc) is 2.66. The second-order valence-electron chi connectivity index (χ2n) is 5.12. The third kappa shape index (κ3) is 3.30. The zero-order chi connectivity index (χ0) is 13.1. The molecule has 6 heteroatoms. The van der Waals surface area contributed by atoms with E-state index in [1.807, 2.05) is 13.8 Å². The molecule has 2 atom stereocenters. The monoisotopic (exact) mass is 262 g/mol. The molecular formula is C11H23N2O3P. The van der Waals surface area contributed by atoms with Gasteiger partial charge in [-0.15, -0.1) is 0 Å². The van der Waals surface area contributed by atoms with Crippen molar-refractivity contribution in [1.82, 2.24) is 5.43 Å². The number of nitrogens with one attached hydrogen (secondary N) is 1. The second-order valence-corrected chi connectivity index (χ2v) is 7.31. The van der Waals surface area contributed by atoms with E-state index in [0.717, 1.165) is 0 Å². The van der Waals surface area contributed by atoms with Crippen LogP contribution in [0.3, 0.4) is 0 Å². The van der Waals surface area contributed by atoms with E-state index in [1.54, 1.807) is 6.21 Å². The summed E-state index contributed by atoms with van der Waals surface area (Å²) < 4.78 is 23.5. The number of hydrogen-bond acceptors (Lipinski definition) is 5. The average molecular weight is 262 g/mol. The zero-order valence-electron chi connectivity index (χ0n) is 11.3. The molecule has 17 heavy (non-hydrogen) atoms. The van der Waals surface area contributed by atoms with Crippen LogP contribution in [0.4, 0.5) is 0 Å². The van der Waals surface area contributed by atoms with E-state index in [2.05, 4.69) is 31.3 Å². The third-order valence-electron chi connectivity index (χ3n) is 2.70. The first-order valence-electron chi connectivity index (χ1n) is 6.02. The van der Waals surface area contributed by atoms with Gasteiger partial charge in [0.15, 0.2) is 0 Å². The second kappa shape index (κ2) is 5.51. The van der Waals surface area contributed by atoms with Crippen LogP contribution in [0, 0.1) is 5.41 Å². The van der Waals surface area contributed by atoms with Gasteiger partial charge in [0, 0.05) is 6.21 Å². The first kappa shape index (κ1) is 14.7. The first-order valence-corrected chi connectivity index (χ1v) is 7.64. The molecule has 0 saturated heterocycles. The molecule has 0 aromatic rings. The summed E-state index contributed by atoms with van der Waals surface area (Å²) in [4.78, 5) is 0. The Morgan fingerprint density at radius 1 is 1.29 bits per heavy atom. The van der Waals surface area contributed by atoms with Crippen LogP contribution in [0.2, 0.25) is 0 Å². The summed E-state index contributed by atoms with van der Waals surface area (Å²) in [6.45, 7) is 10.6. The fraction of sp³-hybridized carbons (Fsp3) is 0.909. The molecule has 1 aliphatic heterocycles. The maximum Gasteiger partial charge on any atom is 0.341 e. The molecule has 0 amide bonds. The van der Waals surface area contributed by atoms with Gasteiger partial charge in [-0.25, -0.2) is 0 Å². The number of hydrazone groups is 1. The van der Waals surface area contributed by atoms with Crippen molar-refractivity contribution in [2.24, 2.45) is 10.5 Å². The summed E-state index contributed by atoms with van der Waals surface area (Å²) >= 11 is 0. The SMILES string of the molecule is CCOP(=O)(OCC)C1C=NNC1C(C)(C)C. The van der Waals surface area contributed by atoms with Crippen LogP contribution < -0.4 is 5.43 Å². The summed E-state index contributed by atoms with van der Waals surface area (Å²) in [5.74, 6) is 0. The molecule has 1 heterocycles. The van der Waals surface area contributed by atoms with Crippen molar-refractivity contribution in [2.45, 2.75) is 46.3 Å². The zero-order valence-corrected chi connectivity index (χ0v) is 12.2. The van der Waals surface area contributed by atoms with Crippen molar-refractivity contribution in [3.63, 3.8) is 0 Å². The summed E-state index contributed by atoms with van der Waals surface area (Å²) in [6, 6.07) is -0.0357. The largest absolute Gasteiger partial charge is 0.341 e. The van der Waals surface area contributed by atoms with Gasteiger partial charge in [-0.1, -0.05) is 20.8 Å². The highest BCUT2D eigenvalue weighted by molar-refractivity contribution is 7.55. The van der Waals surface area contributed by atoms with Crippen LogP contribution in [0.25, 0.3) is 0 Å². The Labute approximate surface area is 103 Å². The number of rotatable bonds is 5. The van der Waals surface area contributed by atoms with Gasteiger partial charge in [0.05, 0.1) is 19.3 Å². The van der Waals surface area contributed by atoms with Crippen LogP contribution in [0.1, 0.15) is 34.6 Å². The fourth-order valence-electron chi connectivity index (χ4n) is 1.90. The molecule has 1 aliphatic rings. The standard InChI is InChI=1S/C11H23N2O3P/c1-6-15-17(14,16-7-2)9-8-12-13-10(9)11(3,4)5/h8-10,13H,6-7H2,1-5H3. The lowest BCUT2D eigenvalue weighted by molar-refractivity contribution is 0.201. The van der Waals surface area contributed by atoms with Gasteiger partial charge < -0.3 is 14.5 Å². The van der Waals surface area contributed by atoms with E-state index in [-0.39, 0.29) is 17.1 Å². The van der Waals surface area contributed by atoms with Crippen molar-refractivity contribution in [3.8, 4) is 0 Å². The molecule has 0 aromatic carbocycles. The van der Waals surface area contributed by atoms with E-state index in [4.69, 9.17) is 9.05 Å². The molecule has 0 bridgehead atoms. The van der Waals surface area contributed by atoms with Crippen LogP contribution in [0.15, 0.2) is 5.10 Å². The summed E-state index contributed by atoms with van der Waals surface area (Å²) in [5, 5.41) is 4.04. The van der Waals surface area contributed by atoms with E-state index in [1.165, 1.54) is 0 Å². The molecule has 0 aromatic heterocycles. The van der Waals surface area contributed by atoms with E-state index >= 15 is 0 Å². The van der Waals surface area contributed by atoms with Gasteiger partial charge in [0.1, 0.15) is 5.66 Å². The molecular weight excluding hydrogens is 239 g/mol. The van der Waals surface area contributed by atoms with Gasteiger partial charge in [-0.05, 0) is 19.3 Å². The third-order valence-corrected chi connectivity index (χ3v) is 5.10. The minimum Gasteiger partial charge on any atom is -0.308 e. The Bertz CT molecular complexity index is 315. The molecule has 100 valence electrons. The van der Waals surface area contributed by atoms with Gasteiger partial charge in [0.25, 0.3) is 0 Å². The Hall–Kier alpha value is -0.380. The van der Waals surface area contributed by atoms with Gasteiger partial charge in [0.2, 0.25) is 0 Å². The first-order chi connectivity index (χ1) is 7.85. The molecule has 2 unspecified atom stereocenters. The van der Waals surface area contributed by atoms with Crippen LogP contribution in [-0.2, 0) is 13.6 Å². The van der Waals surface area contributed by atoms with Crippen LogP contribution in [0.5, 0.6) is 0 Å². The predicted octanol–water partition coefficient (Wildman–Crippen LogP) is 2.62. The quantitative estimate of drug-likeness (QED) is 0.774. The molecule has 0 fully saturated rings. The van der Waals surface area contributed by atoms with Crippen LogP contribution in [-0.4, -0.2) is 31.1 Å². The molecule has 0 spiro atoms. The summed E-state index contributed by atoms with van der Waals surface area (Å²) in [6.07, 6.45) is 1.65. The highest BCUT2D eigenvalue weighted by Gasteiger charge is 2.47.